The van der Waals surface area contributed by atoms with Crippen molar-refractivity contribution in [2.75, 3.05) is 11.9 Å². The predicted octanol–water partition coefficient (Wildman–Crippen LogP) is 1.75. The molecule has 1 N–H and O–H groups in total. The van der Waals surface area contributed by atoms with E-state index in [2.05, 4.69) is 9.36 Å². The lowest BCUT2D eigenvalue weighted by Crippen LogP contribution is -2.28. The first kappa shape index (κ1) is 14.1. The number of aromatic carboxylic acids is 1. The molecule has 20 heavy (non-hydrogen) atoms. The van der Waals surface area contributed by atoms with E-state index in [1.807, 2.05) is 0 Å². The maximum atomic E-state index is 12.2. The average molecular weight is 291 g/mol. The van der Waals surface area contributed by atoms with E-state index in [-0.39, 0.29) is 17.9 Å². The van der Waals surface area contributed by atoms with Crippen molar-refractivity contribution >= 4 is 28.4 Å². The molecule has 0 aliphatic rings. The Kier molecular flexibility index (Phi) is 4.09. The number of pyridine rings is 1. The molecule has 0 saturated carbocycles. The van der Waals surface area contributed by atoms with Gasteiger partial charge in [0.25, 0.3) is 0 Å². The minimum Gasteiger partial charge on any atom is -0.478 e. The number of likely N-dealkylation sites (N-methyl/N-ethyl adjacent to an activating group) is 1. The number of carbonyl (C=O) groups is 2. The molecule has 0 atom stereocenters. The zero-order chi connectivity index (χ0) is 14.7. The number of aromatic nitrogens is 2. The zero-order valence-electron chi connectivity index (χ0n) is 11.0. The Morgan fingerprint density at radius 2 is 2.15 bits per heavy atom. The molecule has 0 radical (unpaired) electrons. The summed E-state index contributed by atoms with van der Waals surface area (Å²) < 4.78 is 4.00. The van der Waals surface area contributed by atoms with Crippen LogP contribution in [0.2, 0.25) is 0 Å². The molecule has 6 nitrogen and oxygen atoms in total. The quantitative estimate of drug-likeness (QED) is 0.927. The number of hydrogen-bond donors (Lipinski definition) is 1. The van der Waals surface area contributed by atoms with Gasteiger partial charge < -0.3 is 10.0 Å². The number of nitrogens with zero attached hydrogens (tertiary/aromatic N) is 3. The first-order valence-electron chi connectivity index (χ1n) is 5.86. The van der Waals surface area contributed by atoms with E-state index in [0.717, 1.165) is 11.5 Å². The monoisotopic (exact) mass is 291 g/mol. The van der Waals surface area contributed by atoms with E-state index in [0.29, 0.717) is 16.4 Å². The smallest absolute Gasteiger partial charge is 0.340 e. The molecule has 0 bridgehead atoms. The van der Waals surface area contributed by atoms with Crippen LogP contribution in [0.4, 0.5) is 5.00 Å². The van der Waals surface area contributed by atoms with Crippen LogP contribution in [0.3, 0.4) is 0 Å². The summed E-state index contributed by atoms with van der Waals surface area (Å²) in [6.45, 7) is 1.61. The van der Waals surface area contributed by atoms with Gasteiger partial charge in [-0.25, -0.2) is 4.79 Å². The highest BCUT2D eigenvalue weighted by atomic mass is 32.1. The first-order valence-corrected chi connectivity index (χ1v) is 6.64. The lowest BCUT2D eigenvalue weighted by molar-refractivity contribution is -0.117. The number of aryl methyl sites for hydroxylation is 1. The van der Waals surface area contributed by atoms with Gasteiger partial charge in [-0.3, -0.25) is 9.78 Å². The first-order chi connectivity index (χ1) is 9.50. The van der Waals surface area contributed by atoms with Gasteiger partial charge in [0.1, 0.15) is 10.6 Å². The molecule has 104 valence electrons. The second-order valence-electron chi connectivity index (χ2n) is 4.20. The van der Waals surface area contributed by atoms with Gasteiger partial charge in [-0.2, -0.15) is 4.37 Å². The summed E-state index contributed by atoms with van der Waals surface area (Å²) in [4.78, 5) is 28.8. The summed E-state index contributed by atoms with van der Waals surface area (Å²) in [5, 5.41) is 9.52. The Hall–Kier alpha value is -2.28. The van der Waals surface area contributed by atoms with Crippen molar-refractivity contribution in [2.24, 2.45) is 0 Å². The van der Waals surface area contributed by atoms with E-state index in [1.165, 1.54) is 4.90 Å². The predicted molar refractivity (Wildman–Crippen MR) is 75.2 cm³/mol. The number of rotatable bonds is 4. The molecular formula is C13H13N3O3S. The number of carboxylic acids is 1. The van der Waals surface area contributed by atoms with Crippen LogP contribution < -0.4 is 4.90 Å². The van der Waals surface area contributed by atoms with Crippen LogP contribution in [-0.2, 0) is 11.2 Å². The number of carbonyl (C=O) groups excluding carboxylic acids is 1. The maximum Gasteiger partial charge on any atom is 0.340 e. The van der Waals surface area contributed by atoms with Crippen molar-refractivity contribution in [3.8, 4) is 0 Å². The molecule has 2 rings (SSSR count). The van der Waals surface area contributed by atoms with Gasteiger partial charge in [-0.05, 0) is 30.6 Å². The van der Waals surface area contributed by atoms with E-state index in [1.54, 1.807) is 38.4 Å². The summed E-state index contributed by atoms with van der Waals surface area (Å²) >= 11 is 1.01. The van der Waals surface area contributed by atoms with Crippen LogP contribution in [0.25, 0.3) is 0 Å². The number of anilines is 1. The second-order valence-corrected chi connectivity index (χ2v) is 4.96. The van der Waals surface area contributed by atoms with Crippen molar-refractivity contribution in [2.45, 2.75) is 13.3 Å². The topological polar surface area (TPSA) is 83.4 Å². The Bertz CT molecular complexity index is 640. The van der Waals surface area contributed by atoms with Gasteiger partial charge in [-0.15, -0.1) is 0 Å². The molecule has 0 aliphatic heterocycles. The van der Waals surface area contributed by atoms with Gasteiger partial charge >= 0.3 is 5.97 Å². The fraction of sp³-hybridized carbons (Fsp3) is 0.231. The molecule has 0 spiro atoms. The molecule has 2 aromatic rings. The summed E-state index contributed by atoms with van der Waals surface area (Å²) in [6, 6.07) is 5.32. The number of carboxylic acid groups (broad SMARTS) is 1. The third-order valence-corrected chi connectivity index (χ3v) is 3.81. The van der Waals surface area contributed by atoms with Crippen molar-refractivity contribution in [3.05, 3.63) is 41.3 Å². The standard InChI is InChI=1S/C13H13N3O3S/c1-8-11(13(18)19)12(20-15-8)16(2)10(17)7-9-5-3-4-6-14-9/h3-6H,7H2,1-2H3,(H,18,19). The minimum absolute atomic E-state index is 0.0758. The van der Waals surface area contributed by atoms with Crippen molar-refractivity contribution in [1.82, 2.24) is 9.36 Å². The molecule has 2 aromatic heterocycles. The SMILES string of the molecule is Cc1nsc(N(C)C(=O)Cc2ccccn2)c1C(=O)O. The van der Waals surface area contributed by atoms with E-state index < -0.39 is 5.97 Å². The second kappa shape index (κ2) is 5.79. The van der Waals surface area contributed by atoms with Crippen LogP contribution in [0.5, 0.6) is 0 Å². The van der Waals surface area contributed by atoms with Gasteiger partial charge in [0.2, 0.25) is 5.91 Å². The molecule has 0 aliphatic carbocycles. The third kappa shape index (κ3) is 2.83. The maximum absolute atomic E-state index is 12.2. The summed E-state index contributed by atoms with van der Waals surface area (Å²) in [5.74, 6) is -1.31. The van der Waals surface area contributed by atoms with Gasteiger partial charge in [-0.1, -0.05) is 6.07 Å². The molecular weight excluding hydrogens is 278 g/mol. The highest BCUT2D eigenvalue weighted by Gasteiger charge is 2.23. The van der Waals surface area contributed by atoms with Crippen molar-refractivity contribution < 1.29 is 14.7 Å². The molecule has 0 fully saturated rings. The Balaban J connectivity index is 2.21. The molecule has 0 aromatic carbocycles. The normalized spacial score (nSPS) is 10.3. The summed E-state index contributed by atoms with van der Waals surface area (Å²) in [6.07, 6.45) is 1.73. The minimum atomic E-state index is -1.08. The van der Waals surface area contributed by atoms with Gasteiger partial charge in [0.05, 0.1) is 12.1 Å². The largest absolute Gasteiger partial charge is 0.478 e. The van der Waals surface area contributed by atoms with Gasteiger partial charge in [0, 0.05) is 18.9 Å². The van der Waals surface area contributed by atoms with Crippen LogP contribution in [0.15, 0.2) is 24.4 Å². The summed E-state index contributed by atoms with van der Waals surface area (Å²) in [7, 11) is 1.55. The van der Waals surface area contributed by atoms with Crippen molar-refractivity contribution in [1.29, 1.82) is 0 Å². The Labute approximate surface area is 119 Å². The molecule has 0 saturated heterocycles. The van der Waals surface area contributed by atoms with Gasteiger partial charge in [0.15, 0.2) is 0 Å². The zero-order valence-corrected chi connectivity index (χ0v) is 11.8. The highest BCUT2D eigenvalue weighted by Crippen LogP contribution is 2.28. The molecule has 1 amide bonds. The Morgan fingerprint density at radius 1 is 1.40 bits per heavy atom. The molecule has 2 heterocycles. The van der Waals surface area contributed by atoms with E-state index in [4.69, 9.17) is 0 Å². The fourth-order valence-corrected chi connectivity index (χ4v) is 2.59. The van der Waals surface area contributed by atoms with Crippen molar-refractivity contribution in [3.63, 3.8) is 0 Å². The lowest BCUT2D eigenvalue weighted by Gasteiger charge is -2.15. The number of hydrogen-bond acceptors (Lipinski definition) is 5. The molecule has 7 heteroatoms. The molecule has 0 unspecified atom stereocenters. The third-order valence-electron chi connectivity index (χ3n) is 2.80. The highest BCUT2D eigenvalue weighted by molar-refractivity contribution is 7.11. The van der Waals surface area contributed by atoms with E-state index >= 15 is 0 Å². The fourth-order valence-electron chi connectivity index (χ4n) is 1.72. The summed E-state index contributed by atoms with van der Waals surface area (Å²) in [5.41, 5.74) is 1.13. The average Bonchev–Trinajstić information content (AvgIpc) is 2.81. The number of amides is 1. The lowest BCUT2D eigenvalue weighted by atomic mass is 10.2. The van der Waals surface area contributed by atoms with Crippen LogP contribution >= 0.6 is 11.5 Å². The van der Waals surface area contributed by atoms with Crippen LogP contribution in [0.1, 0.15) is 21.7 Å². The van der Waals surface area contributed by atoms with E-state index in [9.17, 15) is 14.7 Å². The van der Waals surface area contributed by atoms with Crippen LogP contribution in [-0.4, -0.2) is 33.4 Å². The van der Waals surface area contributed by atoms with Crippen LogP contribution in [0, 0.1) is 6.92 Å². The Morgan fingerprint density at radius 3 is 2.75 bits per heavy atom.